The molecule has 34 heavy (non-hydrogen) atoms. The number of nitrogens with one attached hydrogen (secondary N) is 2. The topological polar surface area (TPSA) is 98.3 Å². The number of anilines is 1. The van der Waals surface area contributed by atoms with Crippen LogP contribution in [0.15, 0.2) is 71.8 Å². The maximum Gasteiger partial charge on any atom is 0.271 e. The summed E-state index contributed by atoms with van der Waals surface area (Å²) in [4.78, 5) is 24.5. The highest BCUT2D eigenvalue weighted by Crippen LogP contribution is 2.36. The number of hydrogen-bond acceptors (Lipinski definition) is 6. The first-order valence-corrected chi connectivity index (χ1v) is 10.8. The summed E-state index contributed by atoms with van der Waals surface area (Å²) >= 11 is 6.39. The van der Waals surface area contributed by atoms with Crippen LogP contribution in [0.5, 0.6) is 17.2 Å². The lowest BCUT2D eigenvalue weighted by Gasteiger charge is -2.15. The highest BCUT2D eigenvalue weighted by Gasteiger charge is 2.15. The van der Waals surface area contributed by atoms with Crippen molar-refractivity contribution in [1.82, 2.24) is 5.43 Å². The molecule has 0 radical (unpaired) electrons. The number of amides is 2. The van der Waals surface area contributed by atoms with E-state index in [9.17, 15) is 9.59 Å². The third kappa shape index (κ3) is 6.73. The second-order valence-electron chi connectivity index (χ2n) is 6.87. The Bertz CT molecular complexity index is 1170. The van der Waals surface area contributed by atoms with Crippen LogP contribution in [0.25, 0.3) is 0 Å². The van der Waals surface area contributed by atoms with E-state index in [1.54, 1.807) is 60.7 Å². The summed E-state index contributed by atoms with van der Waals surface area (Å²) in [6.45, 7) is 1.87. The Morgan fingerprint density at radius 3 is 2.47 bits per heavy atom. The van der Waals surface area contributed by atoms with Crippen LogP contribution >= 0.6 is 11.6 Å². The Morgan fingerprint density at radius 1 is 1.00 bits per heavy atom. The summed E-state index contributed by atoms with van der Waals surface area (Å²) in [6.07, 6.45) is 1.44. The van der Waals surface area contributed by atoms with Gasteiger partial charge in [0, 0.05) is 5.56 Å². The molecule has 0 unspecified atom stereocenters. The van der Waals surface area contributed by atoms with Crippen molar-refractivity contribution in [2.45, 2.75) is 6.92 Å². The number of methoxy groups -OCH3 is 1. The molecule has 0 aliphatic heterocycles. The van der Waals surface area contributed by atoms with Gasteiger partial charge in [0.1, 0.15) is 5.75 Å². The van der Waals surface area contributed by atoms with Crippen LogP contribution < -0.4 is 25.0 Å². The lowest BCUT2D eigenvalue weighted by molar-refractivity contribution is -0.118. The van der Waals surface area contributed by atoms with Crippen LogP contribution in [-0.2, 0) is 4.79 Å². The zero-order valence-electron chi connectivity index (χ0n) is 18.7. The highest BCUT2D eigenvalue weighted by atomic mass is 35.5. The highest BCUT2D eigenvalue weighted by molar-refractivity contribution is 6.32. The number of hydrazone groups is 1. The van der Waals surface area contributed by atoms with Gasteiger partial charge in [0.15, 0.2) is 18.1 Å². The van der Waals surface area contributed by atoms with E-state index in [1.807, 2.05) is 13.0 Å². The number of hydrogen-bond donors (Lipinski definition) is 2. The molecule has 0 aromatic heterocycles. The van der Waals surface area contributed by atoms with E-state index < -0.39 is 5.91 Å². The fraction of sp³-hybridized carbons (Fsp3) is 0.160. The van der Waals surface area contributed by atoms with Gasteiger partial charge in [-0.3, -0.25) is 9.59 Å². The summed E-state index contributed by atoms with van der Waals surface area (Å²) in [5.41, 5.74) is 4.05. The summed E-state index contributed by atoms with van der Waals surface area (Å²) in [5.74, 6) is 0.373. The zero-order chi connectivity index (χ0) is 24.3. The number of benzene rings is 3. The lowest BCUT2D eigenvalue weighted by Crippen LogP contribution is -2.21. The SMILES string of the molecule is CCOc1cc(/C=N/NC(=O)c2ccccc2)cc(Cl)c1OCC(=O)Nc1ccccc1OC. The van der Waals surface area contributed by atoms with Gasteiger partial charge in [-0.1, -0.05) is 41.9 Å². The van der Waals surface area contributed by atoms with E-state index in [-0.39, 0.29) is 23.3 Å². The molecule has 3 aromatic carbocycles. The zero-order valence-corrected chi connectivity index (χ0v) is 19.5. The lowest BCUT2D eigenvalue weighted by atomic mass is 10.2. The predicted molar refractivity (Wildman–Crippen MR) is 131 cm³/mol. The molecular weight excluding hydrogens is 458 g/mol. The van der Waals surface area contributed by atoms with Gasteiger partial charge in [-0.15, -0.1) is 0 Å². The van der Waals surface area contributed by atoms with Crippen molar-refractivity contribution in [1.29, 1.82) is 0 Å². The smallest absolute Gasteiger partial charge is 0.271 e. The van der Waals surface area contributed by atoms with E-state index in [1.165, 1.54) is 13.3 Å². The van der Waals surface area contributed by atoms with E-state index in [2.05, 4.69) is 15.8 Å². The monoisotopic (exact) mass is 481 g/mol. The quantitative estimate of drug-likeness (QED) is 0.327. The van der Waals surface area contributed by atoms with Crippen LogP contribution in [0.1, 0.15) is 22.8 Å². The molecule has 2 N–H and O–H groups in total. The van der Waals surface area contributed by atoms with Crippen molar-refractivity contribution in [2.24, 2.45) is 5.10 Å². The largest absolute Gasteiger partial charge is 0.495 e. The number of carbonyl (C=O) groups is 2. The Kier molecular flexibility index (Phi) is 8.88. The molecular formula is C25H24ClN3O5. The van der Waals surface area contributed by atoms with E-state index >= 15 is 0 Å². The van der Waals surface area contributed by atoms with E-state index in [0.29, 0.717) is 34.9 Å². The summed E-state index contributed by atoms with van der Waals surface area (Å²) in [6, 6.07) is 19.0. The number of para-hydroxylation sites is 2. The van der Waals surface area contributed by atoms with Crippen LogP contribution in [0.3, 0.4) is 0 Å². The minimum Gasteiger partial charge on any atom is -0.495 e. The molecule has 2 amide bonds. The predicted octanol–water partition coefficient (Wildman–Crippen LogP) is 4.53. The van der Waals surface area contributed by atoms with Gasteiger partial charge in [-0.25, -0.2) is 5.43 Å². The maximum absolute atomic E-state index is 12.4. The third-order valence-corrected chi connectivity index (χ3v) is 4.76. The standard InChI is InChI=1S/C25H24ClN3O5/c1-3-33-22-14-17(15-27-29-25(31)18-9-5-4-6-10-18)13-19(26)24(22)34-16-23(30)28-20-11-7-8-12-21(20)32-2/h4-15H,3,16H2,1-2H3,(H,28,30)(H,29,31)/b27-15+. The van der Waals surface area contributed by atoms with Crippen molar-refractivity contribution >= 4 is 35.3 Å². The number of nitrogens with zero attached hydrogens (tertiary/aromatic N) is 1. The first kappa shape index (κ1) is 24.6. The van der Waals surface area contributed by atoms with Gasteiger partial charge in [-0.2, -0.15) is 5.10 Å². The second kappa shape index (κ2) is 12.3. The molecule has 0 aliphatic carbocycles. The molecule has 176 valence electrons. The van der Waals surface area contributed by atoms with Crippen LogP contribution in [-0.4, -0.2) is 38.4 Å². The van der Waals surface area contributed by atoms with Gasteiger partial charge in [0.05, 0.1) is 30.6 Å². The van der Waals surface area contributed by atoms with E-state index in [4.69, 9.17) is 25.8 Å². The van der Waals surface area contributed by atoms with Gasteiger partial charge < -0.3 is 19.5 Å². The fourth-order valence-electron chi connectivity index (χ4n) is 2.96. The van der Waals surface area contributed by atoms with Crippen molar-refractivity contribution in [2.75, 3.05) is 25.6 Å². The molecule has 0 bridgehead atoms. The van der Waals surface area contributed by atoms with Gasteiger partial charge in [-0.05, 0) is 48.9 Å². The summed E-state index contributed by atoms with van der Waals surface area (Å²) in [5, 5.41) is 6.93. The van der Waals surface area contributed by atoms with E-state index in [0.717, 1.165) is 0 Å². The Balaban J connectivity index is 1.67. The normalized spacial score (nSPS) is 10.6. The van der Waals surface area contributed by atoms with Crippen molar-refractivity contribution in [3.8, 4) is 17.2 Å². The van der Waals surface area contributed by atoms with Gasteiger partial charge in [0.2, 0.25) is 0 Å². The first-order valence-electron chi connectivity index (χ1n) is 10.4. The maximum atomic E-state index is 12.4. The fourth-order valence-corrected chi connectivity index (χ4v) is 3.23. The summed E-state index contributed by atoms with van der Waals surface area (Å²) in [7, 11) is 1.52. The molecule has 3 aromatic rings. The number of carbonyl (C=O) groups excluding carboxylic acids is 2. The third-order valence-electron chi connectivity index (χ3n) is 4.48. The Morgan fingerprint density at radius 2 is 1.74 bits per heavy atom. The average Bonchev–Trinajstić information content (AvgIpc) is 2.84. The average molecular weight is 482 g/mol. The molecule has 0 spiro atoms. The Labute approximate surface area is 202 Å². The van der Waals surface area contributed by atoms with Crippen LogP contribution in [0.4, 0.5) is 5.69 Å². The molecule has 0 saturated heterocycles. The Hall–Kier alpha value is -4.04. The van der Waals surface area contributed by atoms with Crippen LogP contribution in [0, 0.1) is 0 Å². The molecule has 3 rings (SSSR count). The number of ether oxygens (including phenoxy) is 3. The molecule has 0 heterocycles. The molecule has 0 aliphatic rings. The second-order valence-corrected chi connectivity index (χ2v) is 7.27. The van der Waals surface area contributed by atoms with Gasteiger partial charge >= 0.3 is 0 Å². The molecule has 0 saturated carbocycles. The molecule has 0 fully saturated rings. The number of halogens is 1. The minimum absolute atomic E-state index is 0.226. The van der Waals surface area contributed by atoms with Crippen molar-refractivity contribution < 1.29 is 23.8 Å². The molecule has 0 atom stereocenters. The molecule has 9 heteroatoms. The van der Waals surface area contributed by atoms with Gasteiger partial charge in [0.25, 0.3) is 11.8 Å². The first-order chi connectivity index (χ1) is 16.5. The summed E-state index contributed by atoms with van der Waals surface area (Å²) < 4.78 is 16.5. The van der Waals surface area contributed by atoms with Crippen molar-refractivity contribution in [3.05, 3.63) is 82.9 Å². The number of rotatable bonds is 10. The van der Waals surface area contributed by atoms with Crippen LogP contribution in [0.2, 0.25) is 5.02 Å². The molecule has 8 nitrogen and oxygen atoms in total. The van der Waals surface area contributed by atoms with Crippen molar-refractivity contribution in [3.63, 3.8) is 0 Å². The minimum atomic E-state index is -0.391.